The average Bonchev–Trinajstić information content (AvgIpc) is 2.37. The number of rotatable bonds is 1. The Morgan fingerprint density at radius 2 is 2.17 bits per heavy atom. The van der Waals surface area contributed by atoms with Gasteiger partial charge in [0.15, 0.2) is 0 Å². The standard InChI is InChI=1S/C14H19FN2O/c1-10-13(18)17(14(2,3)7-8-16-10)12-6-4-5-11(15)9-12/h4-6,9-10,16H,7-8H2,1-3H3. The molecular formula is C14H19FN2O. The molecule has 0 bridgehead atoms. The van der Waals surface area contributed by atoms with Crippen LogP contribution in [0.5, 0.6) is 0 Å². The normalized spacial score (nSPS) is 23.9. The highest BCUT2D eigenvalue weighted by molar-refractivity contribution is 5.98. The molecule has 1 fully saturated rings. The highest BCUT2D eigenvalue weighted by Crippen LogP contribution is 2.29. The summed E-state index contributed by atoms with van der Waals surface area (Å²) < 4.78 is 13.3. The molecule has 0 saturated carbocycles. The molecule has 2 rings (SSSR count). The molecule has 1 aliphatic heterocycles. The van der Waals surface area contributed by atoms with Crippen LogP contribution in [-0.4, -0.2) is 24.0 Å². The van der Waals surface area contributed by atoms with E-state index >= 15 is 0 Å². The van der Waals surface area contributed by atoms with E-state index in [0.29, 0.717) is 5.69 Å². The van der Waals surface area contributed by atoms with Gasteiger partial charge in [-0.25, -0.2) is 4.39 Å². The Morgan fingerprint density at radius 1 is 1.44 bits per heavy atom. The summed E-state index contributed by atoms with van der Waals surface area (Å²) in [6.45, 7) is 6.65. The van der Waals surface area contributed by atoms with Crippen LogP contribution in [0.2, 0.25) is 0 Å². The van der Waals surface area contributed by atoms with E-state index in [9.17, 15) is 9.18 Å². The van der Waals surface area contributed by atoms with Crippen molar-refractivity contribution in [2.45, 2.75) is 38.8 Å². The SMILES string of the molecule is CC1NCCC(C)(C)N(c2cccc(F)c2)C1=O. The predicted molar refractivity (Wildman–Crippen MR) is 70.0 cm³/mol. The van der Waals surface area contributed by atoms with Crippen LogP contribution < -0.4 is 10.2 Å². The first-order chi connectivity index (χ1) is 8.42. The van der Waals surface area contributed by atoms with Crippen molar-refractivity contribution in [3.8, 4) is 0 Å². The molecule has 3 nitrogen and oxygen atoms in total. The topological polar surface area (TPSA) is 32.3 Å². The lowest BCUT2D eigenvalue weighted by atomic mass is 9.97. The summed E-state index contributed by atoms with van der Waals surface area (Å²) in [6, 6.07) is 5.98. The van der Waals surface area contributed by atoms with Gasteiger partial charge in [0.2, 0.25) is 5.91 Å². The van der Waals surface area contributed by atoms with Crippen molar-refractivity contribution in [1.29, 1.82) is 0 Å². The largest absolute Gasteiger partial charge is 0.306 e. The maximum Gasteiger partial charge on any atom is 0.244 e. The van der Waals surface area contributed by atoms with Crippen molar-refractivity contribution in [3.05, 3.63) is 30.1 Å². The fourth-order valence-electron chi connectivity index (χ4n) is 2.38. The summed E-state index contributed by atoms with van der Waals surface area (Å²) in [5.41, 5.74) is 0.309. The van der Waals surface area contributed by atoms with Crippen molar-refractivity contribution in [3.63, 3.8) is 0 Å². The Hall–Kier alpha value is -1.42. The molecule has 18 heavy (non-hydrogen) atoms. The van der Waals surface area contributed by atoms with Gasteiger partial charge in [-0.15, -0.1) is 0 Å². The van der Waals surface area contributed by atoms with Crippen LogP contribution >= 0.6 is 0 Å². The lowest BCUT2D eigenvalue weighted by Gasteiger charge is -2.37. The van der Waals surface area contributed by atoms with Crippen LogP contribution in [0, 0.1) is 5.82 Å². The zero-order valence-electron chi connectivity index (χ0n) is 11.0. The molecule has 0 aliphatic carbocycles. The molecule has 1 heterocycles. The Kier molecular flexibility index (Phi) is 3.39. The number of carbonyl (C=O) groups is 1. The minimum atomic E-state index is -0.319. The van der Waals surface area contributed by atoms with Gasteiger partial charge in [-0.3, -0.25) is 4.79 Å². The third kappa shape index (κ3) is 2.38. The molecule has 1 aromatic rings. The van der Waals surface area contributed by atoms with Gasteiger partial charge in [0.05, 0.1) is 6.04 Å². The lowest BCUT2D eigenvalue weighted by Crippen LogP contribution is -2.50. The number of nitrogens with one attached hydrogen (secondary N) is 1. The van der Waals surface area contributed by atoms with Gasteiger partial charge in [-0.2, -0.15) is 0 Å². The molecule has 0 spiro atoms. The number of carbonyl (C=O) groups excluding carboxylic acids is 1. The summed E-state index contributed by atoms with van der Waals surface area (Å²) in [7, 11) is 0. The second kappa shape index (κ2) is 4.69. The van der Waals surface area contributed by atoms with Crippen molar-refractivity contribution in [2.75, 3.05) is 11.4 Å². The van der Waals surface area contributed by atoms with Crippen LogP contribution in [-0.2, 0) is 4.79 Å². The van der Waals surface area contributed by atoms with E-state index in [4.69, 9.17) is 0 Å². The number of benzene rings is 1. The Balaban J connectivity index is 2.45. The molecule has 1 amide bonds. The molecule has 0 aromatic heterocycles. The van der Waals surface area contributed by atoms with Gasteiger partial charge in [0.25, 0.3) is 0 Å². The fourth-order valence-corrected chi connectivity index (χ4v) is 2.38. The number of nitrogens with zero attached hydrogens (tertiary/aromatic N) is 1. The van der Waals surface area contributed by atoms with Gasteiger partial charge in [-0.05, 0) is 51.9 Å². The first-order valence-electron chi connectivity index (χ1n) is 6.25. The Labute approximate surface area is 107 Å². The smallest absolute Gasteiger partial charge is 0.244 e. The summed E-state index contributed by atoms with van der Waals surface area (Å²) in [6.07, 6.45) is 0.833. The molecule has 4 heteroatoms. The average molecular weight is 250 g/mol. The van der Waals surface area contributed by atoms with E-state index in [0.717, 1.165) is 13.0 Å². The molecule has 1 aliphatic rings. The summed E-state index contributed by atoms with van der Waals surface area (Å²) in [5.74, 6) is -0.330. The third-order valence-electron chi connectivity index (χ3n) is 3.45. The van der Waals surface area contributed by atoms with Crippen molar-refractivity contribution < 1.29 is 9.18 Å². The molecule has 1 aromatic carbocycles. The van der Waals surface area contributed by atoms with E-state index in [2.05, 4.69) is 5.32 Å². The second-order valence-corrected chi connectivity index (χ2v) is 5.39. The van der Waals surface area contributed by atoms with Gasteiger partial charge < -0.3 is 10.2 Å². The minimum Gasteiger partial charge on any atom is -0.306 e. The number of anilines is 1. The number of halogens is 1. The maximum atomic E-state index is 13.3. The van der Waals surface area contributed by atoms with E-state index in [1.807, 2.05) is 20.8 Å². The Morgan fingerprint density at radius 3 is 2.83 bits per heavy atom. The van der Waals surface area contributed by atoms with Gasteiger partial charge in [0, 0.05) is 11.2 Å². The maximum absolute atomic E-state index is 13.3. The summed E-state index contributed by atoms with van der Waals surface area (Å²) in [5, 5.41) is 3.18. The molecule has 1 saturated heterocycles. The quantitative estimate of drug-likeness (QED) is 0.829. The molecule has 98 valence electrons. The van der Waals surface area contributed by atoms with Crippen LogP contribution in [0.25, 0.3) is 0 Å². The summed E-state index contributed by atoms with van der Waals surface area (Å²) in [4.78, 5) is 14.1. The highest BCUT2D eigenvalue weighted by atomic mass is 19.1. The number of amides is 1. The van der Waals surface area contributed by atoms with E-state index < -0.39 is 0 Å². The van der Waals surface area contributed by atoms with Crippen LogP contribution in [0.15, 0.2) is 24.3 Å². The van der Waals surface area contributed by atoms with Crippen molar-refractivity contribution in [2.24, 2.45) is 0 Å². The van der Waals surface area contributed by atoms with E-state index in [1.54, 1.807) is 17.0 Å². The zero-order chi connectivity index (χ0) is 13.3. The van der Waals surface area contributed by atoms with E-state index in [-0.39, 0.29) is 23.3 Å². The van der Waals surface area contributed by atoms with Crippen LogP contribution in [0.3, 0.4) is 0 Å². The minimum absolute atomic E-state index is 0.0110. The van der Waals surface area contributed by atoms with E-state index in [1.165, 1.54) is 12.1 Å². The first kappa shape index (κ1) is 13.0. The molecule has 0 radical (unpaired) electrons. The molecule has 1 atom stereocenters. The monoisotopic (exact) mass is 250 g/mol. The van der Waals surface area contributed by atoms with Gasteiger partial charge >= 0.3 is 0 Å². The molecule has 1 unspecified atom stereocenters. The second-order valence-electron chi connectivity index (χ2n) is 5.39. The number of hydrogen-bond donors (Lipinski definition) is 1. The van der Waals surface area contributed by atoms with Gasteiger partial charge in [0.1, 0.15) is 5.82 Å². The molecular weight excluding hydrogens is 231 g/mol. The highest BCUT2D eigenvalue weighted by Gasteiger charge is 2.36. The van der Waals surface area contributed by atoms with Crippen LogP contribution in [0.4, 0.5) is 10.1 Å². The first-order valence-corrected chi connectivity index (χ1v) is 6.25. The Bertz CT molecular complexity index is 459. The van der Waals surface area contributed by atoms with Crippen molar-refractivity contribution >= 4 is 11.6 Å². The predicted octanol–water partition coefficient (Wildman–Crippen LogP) is 2.32. The fraction of sp³-hybridized carbons (Fsp3) is 0.500. The number of hydrogen-bond acceptors (Lipinski definition) is 2. The zero-order valence-corrected chi connectivity index (χ0v) is 11.0. The lowest BCUT2D eigenvalue weighted by molar-refractivity contribution is -0.120. The van der Waals surface area contributed by atoms with Gasteiger partial charge in [-0.1, -0.05) is 6.07 Å². The third-order valence-corrected chi connectivity index (χ3v) is 3.45. The van der Waals surface area contributed by atoms with Crippen LogP contribution in [0.1, 0.15) is 27.2 Å². The summed E-state index contributed by atoms with van der Waals surface area (Å²) >= 11 is 0. The van der Waals surface area contributed by atoms with Crippen molar-refractivity contribution in [1.82, 2.24) is 5.32 Å². The molecule has 1 N–H and O–H groups in total.